The molecule has 4 atom stereocenters. The molecular formula is C39H42O9. The number of benzene rings is 2. The van der Waals surface area contributed by atoms with E-state index in [2.05, 4.69) is 30.0 Å². The molecule has 252 valence electrons. The molecule has 4 heterocycles. The maximum Gasteiger partial charge on any atom is 0.339 e. The van der Waals surface area contributed by atoms with Crippen LogP contribution >= 0.6 is 0 Å². The molecule has 2 aromatic carbocycles. The number of esters is 2. The van der Waals surface area contributed by atoms with Gasteiger partial charge in [-0.15, -0.1) is 0 Å². The summed E-state index contributed by atoms with van der Waals surface area (Å²) in [5.41, 5.74) is 3.77. The molecule has 5 bridgehead atoms. The van der Waals surface area contributed by atoms with Crippen molar-refractivity contribution in [3.05, 3.63) is 85.8 Å². The zero-order valence-corrected chi connectivity index (χ0v) is 28.0. The van der Waals surface area contributed by atoms with Gasteiger partial charge in [-0.25, -0.2) is 9.59 Å². The quantitative estimate of drug-likeness (QED) is 0.157. The Kier molecular flexibility index (Phi) is 9.77. The summed E-state index contributed by atoms with van der Waals surface area (Å²) in [6.45, 7) is 5.67. The topological polar surface area (TPSA) is 122 Å². The van der Waals surface area contributed by atoms with Gasteiger partial charge in [0.25, 0.3) is 0 Å². The minimum absolute atomic E-state index is 0.129. The molecule has 3 aliphatic heterocycles. The van der Waals surface area contributed by atoms with Crippen molar-refractivity contribution >= 4 is 22.9 Å². The van der Waals surface area contributed by atoms with E-state index in [4.69, 9.17) is 23.4 Å². The number of rotatable bonds is 5. The molecule has 1 N–H and O–H groups in total. The second-order valence-corrected chi connectivity index (χ2v) is 13.3. The second kappa shape index (κ2) is 14.0. The van der Waals surface area contributed by atoms with Crippen molar-refractivity contribution in [3.63, 3.8) is 0 Å². The van der Waals surface area contributed by atoms with E-state index in [1.54, 1.807) is 18.2 Å². The molecule has 0 saturated heterocycles. The number of carbonyl (C=O) groups is 2. The molecule has 1 aromatic heterocycles. The fraction of sp³-hybridized carbons (Fsp3) is 0.462. The molecule has 0 saturated carbocycles. The molecule has 0 radical (unpaired) electrons. The summed E-state index contributed by atoms with van der Waals surface area (Å²) in [7, 11) is 1.53. The minimum atomic E-state index is -1.22. The SMILES string of the molecule is COC[C@@H](CCO)c1cc2ccc3c(c2oc1=O)[C@H]1OC(=O)CCCc2ccc4cc2CC#CC[C@@](C)(O3)[C@H]1OC(=O)C(=C(C)C)CC4. The summed E-state index contributed by atoms with van der Waals surface area (Å²) in [5.74, 6) is 5.57. The molecule has 6 rings (SSSR count). The van der Waals surface area contributed by atoms with Gasteiger partial charge in [0.05, 0.1) is 18.6 Å². The van der Waals surface area contributed by atoms with Gasteiger partial charge < -0.3 is 28.5 Å². The third-order valence-electron chi connectivity index (χ3n) is 9.66. The molecule has 0 unspecified atom stereocenters. The Balaban J connectivity index is 1.55. The molecule has 3 aliphatic rings. The lowest BCUT2D eigenvalue weighted by Crippen LogP contribution is -2.54. The van der Waals surface area contributed by atoms with Crippen LogP contribution in [0.15, 0.2) is 56.8 Å². The maximum atomic E-state index is 14.1. The van der Waals surface area contributed by atoms with E-state index in [1.807, 2.05) is 20.8 Å². The molecule has 0 spiro atoms. The summed E-state index contributed by atoms with van der Waals surface area (Å²) in [4.78, 5) is 41.2. The van der Waals surface area contributed by atoms with Gasteiger partial charge in [-0.05, 0) is 87.8 Å². The number of carbonyl (C=O) groups excluding carboxylic acids is 2. The highest BCUT2D eigenvalue weighted by atomic mass is 16.6. The fourth-order valence-corrected chi connectivity index (χ4v) is 7.03. The average Bonchev–Trinajstić information content (AvgIpc) is 3.04. The highest BCUT2D eigenvalue weighted by Gasteiger charge is 2.52. The molecule has 9 heteroatoms. The number of hydrogen-bond donors (Lipinski definition) is 1. The first-order valence-electron chi connectivity index (χ1n) is 16.6. The van der Waals surface area contributed by atoms with Gasteiger partial charge >= 0.3 is 17.6 Å². The number of aliphatic hydroxyl groups is 1. The average molecular weight is 655 g/mol. The predicted molar refractivity (Wildman–Crippen MR) is 179 cm³/mol. The summed E-state index contributed by atoms with van der Waals surface area (Å²) in [6.07, 6.45) is 1.26. The molecule has 48 heavy (non-hydrogen) atoms. The Labute approximate surface area is 280 Å². The zero-order chi connectivity index (χ0) is 34.0. The van der Waals surface area contributed by atoms with Crippen molar-refractivity contribution in [1.29, 1.82) is 0 Å². The van der Waals surface area contributed by atoms with Crippen molar-refractivity contribution in [2.75, 3.05) is 20.3 Å². The second-order valence-electron chi connectivity index (χ2n) is 13.3. The third kappa shape index (κ3) is 6.65. The van der Waals surface area contributed by atoms with Gasteiger partial charge in [0.15, 0.2) is 17.8 Å². The Morgan fingerprint density at radius 2 is 1.85 bits per heavy atom. The Morgan fingerprint density at radius 3 is 2.62 bits per heavy atom. The number of ether oxygens (including phenoxy) is 4. The van der Waals surface area contributed by atoms with Crippen LogP contribution in [-0.2, 0) is 43.1 Å². The maximum absolute atomic E-state index is 14.1. The van der Waals surface area contributed by atoms with Gasteiger partial charge in [0, 0.05) is 49.0 Å². The van der Waals surface area contributed by atoms with E-state index in [0.717, 1.165) is 22.3 Å². The summed E-state index contributed by atoms with van der Waals surface area (Å²) < 4.78 is 30.6. The van der Waals surface area contributed by atoms with Gasteiger partial charge in [0.2, 0.25) is 0 Å². The molecule has 3 aromatic rings. The first kappa shape index (κ1) is 33.5. The van der Waals surface area contributed by atoms with Crippen LogP contribution < -0.4 is 10.4 Å². The van der Waals surface area contributed by atoms with Gasteiger partial charge in [0.1, 0.15) is 11.3 Å². The summed E-state index contributed by atoms with van der Waals surface area (Å²) in [6, 6.07) is 11.6. The fourth-order valence-electron chi connectivity index (χ4n) is 7.03. The molecular weight excluding hydrogens is 612 g/mol. The lowest BCUT2D eigenvalue weighted by atomic mass is 9.83. The molecule has 0 aliphatic carbocycles. The van der Waals surface area contributed by atoms with E-state index < -0.39 is 35.4 Å². The number of allylic oxidation sites excluding steroid dienone is 1. The highest BCUT2D eigenvalue weighted by molar-refractivity contribution is 5.90. The van der Waals surface area contributed by atoms with Crippen molar-refractivity contribution in [3.8, 4) is 17.6 Å². The van der Waals surface area contributed by atoms with Crippen LogP contribution in [0.1, 0.15) is 92.7 Å². The van der Waals surface area contributed by atoms with E-state index in [1.165, 1.54) is 7.11 Å². The highest BCUT2D eigenvalue weighted by Crippen LogP contribution is 2.48. The predicted octanol–water partition coefficient (Wildman–Crippen LogP) is 5.81. The number of fused-ring (bicyclic) bond motifs is 7. The summed E-state index contributed by atoms with van der Waals surface area (Å²) >= 11 is 0. The van der Waals surface area contributed by atoms with Gasteiger partial charge in [-0.2, -0.15) is 0 Å². The normalized spacial score (nSPS) is 23.1. The molecule has 0 amide bonds. The van der Waals surface area contributed by atoms with Crippen molar-refractivity contribution in [1.82, 2.24) is 0 Å². The minimum Gasteiger partial charge on any atom is -0.482 e. The number of hydrogen-bond acceptors (Lipinski definition) is 9. The smallest absolute Gasteiger partial charge is 0.339 e. The number of aryl methyl sites for hydroxylation is 2. The lowest BCUT2D eigenvalue weighted by Gasteiger charge is -2.44. The molecule has 9 nitrogen and oxygen atoms in total. The lowest BCUT2D eigenvalue weighted by molar-refractivity contribution is -0.189. The van der Waals surface area contributed by atoms with Gasteiger partial charge in [-0.1, -0.05) is 35.6 Å². The third-order valence-corrected chi connectivity index (χ3v) is 9.66. The Hall–Kier alpha value is -4.39. The number of aliphatic hydroxyl groups excluding tert-OH is 1. The van der Waals surface area contributed by atoms with Crippen LogP contribution in [0.4, 0.5) is 0 Å². The van der Waals surface area contributed by atoms with Crippen molar-refractivity contribution < 1.29 is 38.1 Å². The first-order chi connectivity index (χ1) is 23.1. The van der Waals surface area contributed by atoms with Crippen LogP contribution in [0, 0.1) is 11.8 Å². The van der Waals surface area contributed by atoms with Crippen molar-refractivity contribution in [2.24, 2.45) is 0 Å². The van der Waals surface area contributed by atoms with E-state index in [0.29, 0.717) is 66.4 Å². The first-order valence-corrected chi connectivity index (χ1v) is 16.6. The van der Waals surface area contributed by atoms with Crippen LogP contribution in [0.2, 0.25) is 0 Å². The van der Waals surface area contributed by atoms with E-state index in [-0.39, 0.29) is 37.6 Å². The zero-order valence-electron chi connectivity index (χ0n) is 28.0. The van der Waals surface area contributed by atoms with Crippen LogP contribution in [0.3, 0.4) is 0 Å². The largest absolute Gasteiger partial charge is 0.482 e. The van der Waals surface area contributed by atoms with E-state index >= 15 is 0 Å². The summed E-state index contributed by atoms with van der Waals surface area (Å²) in [5, 5.41) is 10.2. The van der Waals surface area contributed by atoms with E-state index in [9.17, 15) is 19.5 Å². The van der Waals surface area contributed by atoms with Crippen molar-refractivity contribution in [2.45, 2.75) is 95.9 Å². The Bertz CT molecular complexity index is 1880. The van der Waals surface area contributed by atoms with Crippen LogP contribution in [-0.4, -0.2) is 49.1 Å². The van der Waals surface area contributed by atoms with Crippen LogP contribution in [0.25, 0.3) is 11.0 Å². The standard InChI is InChI=1S/C39H42O9/c1-23(2)29-15-12-24-11-13-25-9-7-10-32(41)45-35-33-31(48-39(3,36(35)47-37(29)42)18-6-5-8-26(25)20-24)16-14-27-21-30(38(43)46-34(27)33)28(17-19-40)22-44-4/h11,13-14,16,20-21,28,35-36,40H,7-10,12,15,17-19,22H2,1-4H3/t28-,35-,36+,39-/m1/s1. The number of methoxy groups -OCH3 is 1. The Morgan fingerprint density at radius 1 is 1.02 bits per heavy atom. The monoisotopic (exact) mass is 654 g/mol. The molecule has 0 fully saturated rings. The van der Waals surface area contributed by atoms with Crippen LogP contribution in [0.5, 0.6) is 5.75 Å². The van der Waals surface area contributed by atoms with Gasteiger partial charge in [-0.3, -0.25) is 4.79 Å².